The summed E-state index contributed by atoms with van der Waals surface area (Å²) in [7, 11) is 1.18. The monoisotopic (exact) mass is 321 g/mol. The molecule has 1 N–H and O–H groups in total. The number of hydrogen-bond donors (Lipinski definition) is 1. The van der Waals surface area contributed by atoms with Crippen LogP contribution in [0.25, 0.3) is 11.4 Å². The third kappa shape index (κ3) is 2.98. The quantitative estimate of drug-likeness (QED) is 0.300. The standard InChI is InChI=1S/C13H11N3O5S/c1-21-13(18)9-11(17)14-10(15-12(9)22-2)7-3-5-8(6-4-7)16(19)20/h3-6H,1-2H3,(H,14,15,17). The molecule has 9 heteroatoms. The number of carbonyl (C=O) groups excluding carboxylic acids is 1. The Morgan fingerprint density at radius 3 is 2.50 bits per heavy atom. The van der Waals surface area contributed by atoms with E-state index in [1.165, 1.54) is 31.4 Å². The lowest BCUT2D eigenvalue weighted by Crippen LogP contribution is -2.22. The highest BCUT2D eigenvalue weighted by Crippen LogP contribution is 2.22. The molecule has 0 saturated carbocycles. The average molecular weight is 321 g/mol. The van der Waals surface area contributed by atoms with Crippen LogP contribution in [-0.2, 0) is 4.74 Å². The summed E-state index contributed by atoms with van der Waals surface area (Å²) < 4.78 is 4.56. The number of nitrogens with one attached hydrogen (secondary N) is 1. The Morgan fingerprint density at radius 1 is 1.36 bits per heavy atom. The Kier molecular flexibility index (Phi) is 4.56. The van der Waals surface area contributed by atoms with Crippen LogP contribution < -0.4 is 5.56 Å². The number of ether oxygens (including phenoxy) is 1. The van der Waals surface area contributed by atoms with Crippen LogP contribution in [0.4, 0.5) is 5.69 Å². The van der Waals surface area contributed by atoms with Crippen molar-refractivity contribution in [2.24, 2.45) is 0 Å². The summed E-state index contributed by atoms with van der Waals surface area (Å²) in [5.74, 6) is -0.551. The minimum atomic E-state index is -0.770. The third-order valence-electron chi connectivity index (χ3n) is 2.82. The van der Waals surface area contributed by atoms with Gasteiger partial charge in [-0.2, -0.15) is 0 Å². The molecule has 0 aliphatic heterocycles. The fourth-order valence-electron chi connectivity index (χ4n) is 1.76. The fraction of sp³-hybridized carbons (Fsp3) is 0.154. The van der Waals surface area contributed by atoms with Crippen molar-refractivity contribution in [1.82, 2.24) is 9.97 Å². The summed E-state index contributed by atoms with van der Waals surface area (Å²) in [5.41, 5.74) is -0.364. The van der Waals surface area contributed by atoms with Crippen LogP contribution in [-0.4, -0.2) is 34.2 Å². The molecule has 0 bridgehead atoms. The number of nitrogens with zero attached hydrogens (tertiary/aromatic N) is 2. The van der Waals surface area contributed by atoms with Gasteiger partial charge in [-0.05, 0) is 18.4 Å². The Hall–Kier alpha value is -2.68. The van der Waals surface area contributed by atoms with E-state index in [4.69, 9.17) is 0 Å². The van der Waals surface area contributed by atoms with E-state index in [1.807, 2.05) is 0 Å². The molecule has 2 rings (SSSR count). The van der Waals surface area contributed by atoms with Crippen molar-refractivity contribution >= 4 is 23.4 Å². The predicted molar refractivity (Wildman–Crippen MR) is 80.1 cm³/mol. The van der Waals surface area contributed by atoms with Crippen LogP contribution in [0.15, 0.2) is 34.1 Å². The molecule has 0 fully saturated rings. The lowest BCUT2D eigenvalue weighted by Gasteiger charge is -2.07. The van der Waals surface area contributed by atoms with Gasteiger partial charge in [0.2, 0.25) is 0 Å². The van der Waals surface area contributed by atoms with Gasteiger partial charge in [0.05, 0.1) is 12.0 Å². The van der Waals surface area contributed by atoms with Crippen molar-refractivity contribution in [2.75, 3.05) is 13.4 Å². The molecule has 0 radical (unpaired) electrons. The second-order valence-electron chi connectivity index (χ2n) is 4.09. The van der Waals surface area contributed by atoms with Gasteiger partial charge in [-0.3, -0.25) is 14.9 Å². The van der Waals surface area contributed by atoms with E-state index in [9.17, 15) is 19.7 Å². The highest BCUT2D eigenvalue weighted by atomic mass is 32.2. The van der Waals surface area contributed by atoms with Gasteiger partial charge < -0.3 is 9.72 Å². The Labute approximate surface area is 128 Å². The lowest BCUT2D eigenvalue weighted by atomic mass is 10.2. The van der Waals surface area contributed by atoms with Crippen LogP contribution in [0.1, 0.15) is 10.4 Å². The van der Waals surface area contributed by atoms with Crippen LogP contribution >= 0.6 is 11.8 Å². The van der Waals surface area contributed by atoms with E-state index >= 15 is 0 Å². The molecule has 0 amide bonds. The molecule has 2 aromatic rings. The van der Waals surface area contributed by atoms with Gasteiger partial charge >= 0.3 is 5.97 Å². The maximum atomic E-state index is 12.1. The van der Waals surface area contributed by atoms with Crippen LogP contribution in [0.3, 0.4) is 0 Å². The van der Waals surface area contributed by atoms with E-state index in [0.717, 1.165) is 11.8 Å². The summed E-state index contributed by atoms with van der Waals surface area (Å²) in [4.78, 5) is 40.5. The number of rotatable bonds is 4. The van der Waals surface area contributed by atoms with Crippen LogP contribution in [0, 0.1) is 10.1 Å². The first kappa shape index (κ1) is 15.7. The number of benzene rings is 1. The first-order valence-corrected chi connectivity index (χ1v) is 7.22. The molecule has 22 heavy (non-hydrogen) atoms. The summed E-state index contributed by atoms with van der Waals surface area (Å²) in [6.45, 7) is 0. The van der Waals surface area contributed by atoms with Crippen LogP contribution in [0.2, 0.25) is 0 Å². The van der Waals surface area contributed by atoms with Gasteiger partial charge in [0.25, 0.3) is 11.2 Å². The molecule has 0 aliphatic carbocycles. The van der Waals surface area contributed by atoms with Gasteiger partial charge in [0, 0.05) is 17.7 Å². The number of nitro groups is 1. The summed E-state index contributed by atoms with van der Waals surface area (Å²) in [6.07, 6.45) is 1.67. The van der Waals surface area contributed by atoms with Crippen LogP contribution in [0.5, 0.6) is 0 Å². The first-order chi connectivity index (χ1) is 10.5. The Balaban J connectivity index is 2.53. The molecule has 114 valence electrons. The number of H-pyrrole nitrogens is 1. The van der Waals surface area contributed by atoms with Crippen molar-refractivity contribution in [2.45, 2.75) is 5.03 Å². The number of thioether (sulfide) groups is 1. The Bertz CT molecular complexity index is 785. The molecule has 1 aromatic carbocycles. The third-order valence-corrected chi connectivity index (χ3v) is 3.50. The normalized spacial score (nSPS) is 10.3. The SMILES string of the molecule is COC(=O)c1c(SC)nc(-c2ccc([N+](=O)[O-])cc2)[nH]c1=O. The molecule has 0 spiro atoms. The number of aromatic nitrogens is 2. The van der Waals surface area contributed by atoms with Crippen molar-refractivity contribution in [3.05, 3.63) is 50.3 Å². The van der Waals surface area contributed by atoms with Gasteiger partial charge in [-0.1, -0.05) is 0 Å². The van der Waals surface area contributed by atoms with Gasteiger partial charge in [0.15, 0.2) is 5.56 Å². The minimum Gasteiger partial charge on any atom is -0.465 e. The second kappa shape index (κ2) is 6.39. The summed E-state index contributed by atoms with van der Waals surface area (Å²) in [6, 6.07) is 5.56. The molecule has 0 atom stereocenters. The maximum absolute atomic E-state index is 12.1. The lowest BCUT2D eigenvalue weighted by molar-refractivity contribution is -0.384. The van der Waals surface area contributed by atoms with E-state index < -0.39 is 16.5 Å². The van der Waals surface area contributed by atoms with Crippen molar-refractivity contribution in [1.29, 1.82) is 0 Å². The van der Waals surface area contributed by atoms with Crippen molar-refractivity contribution < 1.29 is 14.5 Å². The highest BCUT2D eigenvalue weighted by molar-refractivity contribution is 7.98. The highest BCUT2D eigenvalue weighted by Gasteiger charge is 2.19. The smallest absolute Gasteiger partial charge is 0.346 e. The van der Waals surface area contributed by atoms with Gasteiger partial charge in [0.1, 0.15) is 10.9 Å². The maximum Gasteiger partial charge on any atom is 0.346 e. The summed E-state index contributed by atoms with van der Waals surface area (Å²) in [5, 5.41) is 10.9. The molecular weight excluding hydrogens is 310 g/mol. The topological polar surface area (TPSA) is 115 Å². The number of nitro benzene ring substituents is 1. The van der Waals surface area contributed by atoms with Gasteiger partial charge in [-0.25, -0.2) is 9.78 Å². The second-order valence-corrected chi connectivity index (χ2v) is 4.89. The molecule has 0 saturated heterocycles. The van der Waals surface area contributed by atoms with E-state index in [0.29, 0.717) is 5.56 Å². The zero-order chi connectivity index (χ0) is 16.3. The number of esters is 1. The molecular formula is C13H11N3O5S. The summed E-state index contributed by atoms with van der Waals surface area (Å²) >= 11 is 1.13. The first-order valence-electron chi connectivity index (χ1n) is 5.99. The number of methoxy groups -OCH3 is 1. The van der Waals surface area contributed by atoms with E-state index in [2.05, 4.69) is 14.7 Å². The van der Waals surface area contributed by atoms with Gasteiger partial charge in [-0.15, -0.1) is 11.8 Å². The minimum absolute atomic E-state index is 0.0673. The van der Waals surface area contributed by atoms with Crippen molar-refractivity contribution in [3.63, 3.8) is 0 Å². The zero-order valence-electron chi connectivity index (χ0n) is 11.7. The largest absolute Gasteiger partial charge is 0.465 e. The number of aromatic amines is 1. The van der Waals surface area contributed by atoms with E-state index in [1.54, 1.807) is 6.26 Å². The predicted octanol–water partition coefficient (Wildman–Crippen LogP) is 1.85. The molecule has 0 aliphatic rings. The fourth-order valence-corrected chi connectivity index (χ4v) is 2.32. The average Bonchev–Trinajstić information content (AvgIpc) is 2.53. The molecule has 1 heterocycles. The molecule has 1 aromatic heterocycles. The number of hydrogen-bond acceptors (Lipinski definition) is 7. The molecule has 8 nitrogen and oxygen atoms in total. The number of non-ortho nitro benzene ring substituents is 1. The van der Waals surface area contributed by atoms with Crippen molar-refractivity contribution in [3.8, 4) is 11.4 Å². The zero-order valence-corrected chi connectivity index (χ0v) is 12.5. The van der Waals surface area contributed by atoms with E-state index in [-0.39, 0.29) is 22.1 Å². The Morgan fingerprint density at radius 2 is 2.00 bits per heavy atom. The molecule has 0 unspecified atom stereocenters. The number of carbonyl (C=O) groups is 1.